The van der Waals surface area contributed by atoms with Gasteiger partial charge in [0.15, 0.2) is 0 Å². The number of aliphatic hydroxyl groups is 1. The number of para-hydroxylation sites is 1. The first kappa shape index (κ1) is 57.1. The summed E-state index contributed by atoms with van der Waals surface area (Å²) in [5, 5.41) is 22.4. The Morgan fingerprint density at radius 2 is 1.31 bits per heavy atom. The molecule has 4 aromatic carbocycles. The number of rotatable bonds is 30. The fourth-order valence-electron chi connectivity index (χ4n) is 8.44. The molecule has 0 saturated carbocycles. The molecule has 14 nitrogen and oxygen atoms in total. The van der Waals surface area contributed by atoms with Gasteiger partial charge in [-0.25, -0.2) is 5.84 Å². The molecule has 1 aliphatic heterocycles. The van der Waals surface area contributed by atoms with E-state index in [4.69, 9.17) is 16.7 Å². The third-order valence-corrected chi connectivity index (χ3v) is 12.5. The molecule has 4 amide bonds. The van der Waals surface area contributed by atoms with Gasteiger partial charge in [0.2, 0.25) is 11.8 Å². The summed E-state index contributed by atoms with van der Waals surface area (Å²) in [6.07, 6.45) is 17.5. The van der Waals surface area contributed by atoms with Gasteiger partial charge in [0.05, 0.1) is 11.4 Å². The molecule has 1 atom stereocenters. The molecule has 1 unspecified atom stereocenters. The van der Waals surface area contributed by atoms with E-state index in [-0.39, 0.29) is 30.2 Å². The minimum Gasteiger partial charge on any atom is -0.396 e. The largest absolute Gasteiger partial charge is 0.396 e. The minimum absolute atomic E-state index is 0.131. The van der Waals surface area contributed by atoms with Crippen molar-refractivity contribution in [1.29, 1.82) is 0 Å². The number of nitrogens with one attached hydrogen (secondary N) is 4. The quantitative estimate of drug-likeness (QED) is 0.0114. The summed E-state index contributed by atoms with van der Waals surface area (Å²) in [5.41, 5.74) is 13.7. The summed E-state index contributed by atoms with van der Waals surface area (Å²) in [7, 11) is 2.06. The van der Waals surface area contributed by atoms with Crippen LogP contribution in [-0.4, -0.2) is 79.4 Å². The molecule has 1 aliphatic rings. The van der Waals surface area contributed by atoms with E-state index in [1.807, 2.05) is 42.5 Å². The molecule has 5 rings (SSSR count). The summed E-state index contributed by atoms with van der Waals surface area (Å²) >= 11 is 0. The molecular weight excluding hydrogens is 893 g/mol. The maximum absolute atomic E-state index is 13.4. The fourth-order valence-corrected chi connectivity index (χ4v) is 8.44. The molecule has 0 saturated heterocycles. The molecular formula is C57H80N8O6. The van der Waals surface area contributed by atoms with E-state index in [0.29, 0.717) is 74.2 Å². The van der Waals surface area contributed by atoms with Crippen LogP contribution in [-0.2, 0) is 20.9 Å². The lowest BCUT2D eigenvalue weighted by Crippen LogP contribution is -2.47. The van der Waals surface area contributed by atoms with E-state index in [0.717, 1.165) is 85.9 Å². The SMILES string of the molecule is CCCCCCCCCNC(=O)CCCCC=O.CN1Cc2ccccc2/C(N)=C(/N(N)CCCCC(NC(=O)c2ccc(NC(=O)c3ccccc3)cc2)C(=O)NCCCCCCO)c2ccccc21. The van der Waals surface area contributed by atoms with E-state index in [9.17, 15) is 24.0 Å². The van der Waals surface area contributed by atoms with Gasteiger partial charge in [0.25, 0.3) is 11.8 Å². The maximum Gasteiger partial charge on any atom is 0.255 e. The summed E-state index contributed by atoms with van der Waals surface area (Å²) in [4.78, 5) is 63.0. The summed E-state index contributed by atoms with van der Waals surface area (Å²) < 4.78 is 0. The molecule has 14 heteroatoms. The smallest absolute Gasteiger partial charge is 0.255 e. The molecule has 4 aromatic rings. The fraction of sp³-hybridized carbons (Fsp3) is 0.456. The average molecular weight is 973 g/mol. The highest BCUT2D eigenvalue weighted by Crippen LogP contribution is 2.36. The van der Waals surface area contributed by atoms with E-state index in [2.05, 4.69) is 52.3 Å². The van der Waals surface area contributed by atoms with Crippen molar-refractivity contribution in [2.24, 2.45) is 11.6 Å². The first-order chi connectivity index (χ1) is 34.6. The Morgan fingerprint density at radius 3 is 2.01 bits per heavy atom. The van der Waals surface area contributed by atoms with Crippen molar-refractivity contribution < 1.29 is 29.1 Å². The van der Waals surface area contributed by atoms with Crippen LogP contribution < -0.4 is 37.7 Å². The number of aldehydes is 1. The topological polar surface area (TPSA) is 212 Å². The summed E-state index contributed by atoms with van der Waals surface area (Å²) in [6, 6.07) is 30.9. The standard InChI is InChI=1S/C42H51N7O4.C15H29NO2/c1-48-29-32-17-7-8-18-34(32)38(43)39(35-19-9-10-21-37(35)48)49(44)27-13-11-20-36(42(53)45-26-12-2-3-14-28-50)47-41(52)31-22-24-33(25-23-31)46-40(51)30-15-5-4-6-16-30;1-2-3-4-5-6-7-10-13-16-15(18)12-9-8-11-14-17/h4-10,15-19,21-25,36,50H,2-3,11-14,20,26-29,43-44H2,1H3,(H,45,53)(H,46,51)(H,47,52);14H,2-13H2,1H3,(H,16,18)/b39-38-;. The number of amides is 4. The predicted molar refractivity (Wildman–Crippen MR) is 287 cm³/mol. The zero-order valence-corrected chi connectivity index (χ0v) is 42.3. The van der Waals surface area contributed by atoms with Crippen molar-refractivity contribution in [3.8, 4) is 0 Å². The number of carbonyl (C=O) groups is 5. The Labute approximate surface area is 422 Å². The van der Waals surface area contributed by atoms with Crippen LogP contribution in [0.5, 0.6) is 0 Å². The number of unbranched alkanes of at least 4 members (excludes halogenated alkanes) is 12. The number of fused-ring (bicyclic) bond motifs is 2. The number of aliphatic hydroxyl groups excluding tert-OH is 1. The number of nitrogens with two attached hydrogens (primary N) is 2. The van der Waals surface area contributed by atoms with Gasteiger partial charge >= 0.3 is 0 Å². The van der Waals surface area contributed by atoms with E-state index in [1.165, 1.54) is 38.5 Å². The van der Waals surface area contributed by atoms with E-state index >= 15 is 0 Å². The number of hydrogen-bond acceptors (Lipinski definition) is 10. The van der Waals surface area contributed by atoms with Crippen molar-refractivity contribution in [2.75, 3.05) is 43.5 Å². The Morgan fingerprint density at radius 1 is 0.690 bits per heavy atom. The molecule has 0 bridgehead atoms. The molecule has 0 spiro atoms. The number of anilines is 2. The molecule has 0 radical (unpaired) electrons. The monoisotopic (exact) mass is 973 g/mol. The van der Waals surface area contributed by atoms with Gasteiger partial charge in [-0.2, -0.15) is 0 Å². The molecule has 9 N–H and O–H groups in total. The second kappa shape index (κ2) is 33.1. The van der Waals surface area contributed by atoms with Gasteiger partial charge in [-0.1, -0.05) is 119 Å². The van der Waals surface area contributed by atoms with Gasteiger partial charge < -0.3 is 46.8 Å². The maximum atomic E-state index is 13.4. The first-order valence-corrected chi connectivity index (χ1v) is 25.8. The first-order valence-electron chi connectivity index (χ1n) is 25.8. The molecule has 384 valence electrons. The van der Waals surface area contributed by atoms with E-state index in [1.54, 1.807) is 53.5 Å². The van der Waals surface area contributed by atoms with Gasteiger partial charge in [-0.3, -0.25) is 19.2 Å². The van der Waals surface area contributed by atoms with E-state index < -0.39 is 6.04 Å². The van der Waals surface area contributed by atoms with Crippen LogP contribution in [0.3, 0.4) is 0 Å². The van der Waals surface area contributed by atoms with Crippen LogP contribution in [0.1, 0.15) is 160 Å². The lowest BCUT2D eigenvalue weighted by Gasteiger charge is -2.32. The minimum atomic E-state index is -0.768. The van der Waals surface area contributed by atoms with Crippen molar-refractivity contribution in [3.05, 3.63) is 131 Å². The van der Waals surface area contributed by atoms with Gasteiger partial charge in [0.1, 0.15) is 12.3 Å². The van der Waals surface area contributed by atoms with Crippen LogP contribution in [0.25, 0.3) is 11.4 Å². The Balaban J connectivity index is 0.000000516. The number of nitrogens with zero attached hydrogens (tertiary/aromatic N) is 2. The molecule has 71 heavy (non-hydrogen) atoms. The second-order valence-electron chi connectivity index (χ2n) is 18.2. The van der Waals surface area contributed by atoms with Crippen LogP contribution in [0, 0.1) is 0 Å². The lowest BCUT2D eigenvalue weighted by atomic mass is 9.96. The predicted octanol–water partition coefficient (Wildman–Crippen LogP) is 9.10. The van der Waals surface area contributed by atoms with Crippen molar-refractivity contribution in [3.63, 3.8) is 0 Å². The van der Waals surface area contributed by atoms with Crippen LogP contribution in [0.4, 0.5) is 11.4 Å². The zero-order valence-electron chi connectivity index (χ0n) is 42.3. The number of hydrazine groups is 1. The number of hydrogen-bond donors (Lipinski definition) is 7. The second-order valence-corrected chi connectivity index (χ2v) is 18.2. The zero-order chi connectivity index (χ0) is 51.1. The Bertz CT molecular complexity index is 2250. The third kappa shape index (κ3) is 20.4. The summed E-state index contributed by atoms with van der Waals surface area (Å²) in [6.45, 7) is 4.84. The highest BCUT2D eigenvalue weighted by molar-refractivity contribution is 6.04. The number of carbonyl (C=O) groups excluding carboxylic acids is 5. The van der Waals surface area contributed by atoms with Crippen LogP contribution in [0.2, 0.25) is 0 Å². The van der Waals surface area contributed by atoms with Crippen molar-refractivity contribution in [1.82, 2.24) is 21.0 Å². The van der Waals surface area contributed by atoms with Gasteiger partial charge in [0, 0.05) is 86.3 Å². The molecule has 0 aliphatic carbocycles. The molecule has 1 heterocycles. The highest BCUT2D eigenvalue weighted by Gasteiger charge is 2.25. The summed E-state index contributed by atoms with van der Waals surface area (Å²) in [5.74, 6) is 6.03. The third-order valence-electron chi connectivity index (χ3n) is 12.5. The van der Waals surface area contributed by atoms with Crippen LogP contribution >= 0.6 is 0 Å². The van der Waals surface area contributed by atoms with Crippen molar-refractivity contribution >= 4 is 52.7 Å². The molecule has 0 fully saturated rings. The average Bonchev–Trinajstić information content (AvgIpc) is 3.38. The lowest BCUT2D eigenvalue weighted by molar-refractivity contribution is -0.123. The van der Waals surface area contributed by atoms with Crippen molar-refractivity contribution in [2.45, 2.75) is 135 Å². The van der Waals surface area contributed by atoms with Gasteiger partial charge in [-0.05, 0) is 99.4 Å². The highest BCUT2D eigenvalue weighted by atomic mass is 16.3. The molecule has 0 aromatic heterocycles. The normalized spacial score (nSPS) is 13.2. The Hall–Kier alpha value is -6.51. The van der Waals surface area contributed by atoms with Crippen LogP contribution in [0.15, 0.2) is 103 Å². The Kier molecular flexibility index (Phi) is 26.6. The van der Waals surface area contributed by atoms with Gasteiger partial charge in [-0.15, -0.1) is 0 Å². The number of benzene rings is 4.